The van der Waals surface area contributed by atoms with Gasteiger partial charge in [-0.25, -0.2) is 45.6 Å². The fourth-order valence-electron chi connectivity index (χ4n) is 9.56. The number of anilines is 2. The molecule has 0 aliphatic carbocycles. The molecule has 6 aromatic heterocycles. The summed E-state index contributed by atoms with van der Waals surface area (Å²) in [5.41, 5.74) is 3.88. The lowest BCUT2D eigenvalue weighted by atomic mass is 10.1. The van der Waals surface area contributed by atoms with Crippen molar-refractivity contribution in [3.05, 3.63) is 133 Å². The minimum absolute atomic E-state index is 0.0147. The molecule has 420 valence electrons. The van der Waals surface area contributed by atoms with Gasteiger partial charge in [0.1, 0.15) is 45.9 Å². The molecule has 28 heteroatoms. The molecular weight excluding hydrogens is 1080 g/mol. The van der Waals surface area contributed by atoms with E-state index in [4.69, 9.17) is 18.9 Å². The van der Waals surface area contributed by atoms with Crippen LogP contribution < -0.4 is 28.7 Å². The largest absolute Gasteiger partial charge is 0.494 e. The number of methoxy groups -OCH3 is 4. The molecule has 0 bridgehead atoms. The number of nitrogens with zero attached hydrogens (tertiary/aromatic N) is 14. The van der Waals surface area contributed by atoms with Crippen molar-refractivity contribution in [3.8, 4) is 57.1 Å². The number of β-amino-alcohol motifs (C(OH)–C–C–N with tert-alkyl or cyclic N) is 2. The van der Waals surface area contributed by atoms with Crippen molar-refractivity contribution in [1.82, 2.24) is 59.4 Å². The monoisotopic (exact) mass is 1140 g/mol. The Balaban J connectivity index is 0.000000194. The Morgan fingerprint density at radius 1 is 0.525 bits per heavy atom. The molecular formula is C52H56F2N14O10S2. The molecule has 0 unspecified atom stereocenters. The number of ether oxygens (including phenoxy) is 4. The highest BCUT2D eigenvalue weighted by Crippen LogP contribution is 2.39. The number of aromatic nitrogens is 12. The molecule has 2 aliphatic heterocycles. The maximum atomic E-state index is 13.8. The van der Waals surface area contributed by atoms with Gasteiger partial charge in [0.05, 0.1) is 75.9 Å². The molecule has 2 saturated heterocycles. The van der Waals surface area contributed by atoms with Gasteiger partial charge in [0, 0.05) is 62.1 Å². The first-order chi connectivity index (χ1) is 38.4. The third-order valence-corrected chi connectivity index (χ3v) is 17.2. The fraction of sp³-hybridized carbons (Fsp3) is 0.346. The van der Waals surface area contributed by atoms with E-state index in [2.05, 4.69) is 50.3 Å². The lowest BCUT2D eigenvalue weighted by molar-refractivity contribution is 0.154. The van der Waals surface area contributed by atoms with E-state index in [1.165, 1.54) is 38.2 Å². The van der Waals surface area contributed by atoms with Crippen LogP contribution in [-0.4, -0.2) is 164 Å². The minimum Gasteiger partial charge on any atom is -0.494 e. The van der Waals surface area contributed by atoms with Gasteiger partial charge in [-0.05, 0) is 74.2 Å². The summed E-state index contributed by atoms with van der Waals surface area (Å²) in [6.45, 7) is 4.06. The lowest BCUT2D eigenvalue weighted by Gasteiger charge is -2.35. The van der Waals surface area contributed by atoms with Gasteiger partial charge in [-0.15, -0.1) is 20.4 Å². The van der Waals surface area contributed by atoms with E-state index in [-0.39, 0.29) is 62.6 Å². The number of piperidine rings is 2. The highest BCUT2D eigenvalue weighted by molar-refractivity contribution is 7.91. The highest BCUT2D eigenvalue weighted by atomic mass is 32.2. The summed E-state index contributed by atoms with van der Waals surface area (Å²) in [5.74, 6) is 0.725. The Morgan fingerprint density at radius 3 is 1.20 bits per heavy atom. The topological polar surface area (TPSA) is 291 Å². The van der Waals surface area contributed by atoms with E-state index < -0.39 is 65.5 Å². The number of aliphatic hydroxyl groups excluding tert-OH is 2. The third kappa shape index (κ3) is 12.3. The molecule has 8 aromatic rings. The van der Waals surface area contributed by atoms with Crippen LogP contribution in [0.3, 0.4) is 0 Å². The van der Waals surface area contributed by atoms with Crippen LogP contribution in [0.4, 0.5) is 20.7 Å². The van der Waals surface area contributed by atoms with Crippen LogP contribution in [0.2, 0.25) is 0 Å². The number of hydrogen-bond donors (Lipinski definition) is 2. The SMILES string of the molecule is COc1cccc(OC)c1-n1c(CS(=O)(=O)[C@@H]2C[C@H](O)CN(c3ncc(F)cn3)C2)nnc1-c1cncc(C)c1.COc1cccc(OC)c1-n1c(CS(=O)(=O)[C@H]2C[C@@H](O)CN(c3ncc(F)cn3)C2)nnc1-c1cncc(C)c1. The van der Waals surface area contributed by atoms with E-state index in [0.29, 0.717) is 57.1 Å². The van der Waals surface area contributed by atoms with E-state index in [9.17, 15) is 35.8 Å². The third-order valence-electron chi connectivity index (χ3n) is 13.2. The maximum absolute atomic E-state index is 13.8. The Morgan fingerprint density at radius 2 is 0.875 bits per heavy atom. The summed E-state index contributed by atoms with van der Waals surface area (Å²) in [4.78, 5) is 27.4. The number of hydrogen-bond acceptors (Lipinski definition) is 22. The van der Waals surface area contributed by atoms with Crippen molar-refractivity contribution >= 4 is 31.6 Å². The number of aliphatic hydroxyl groups is 2. The van der Waals surface area contributed by atoms with Crippen molar-refractivity contribution in [2.75, 3.05) is 64.4 Å². The number of rotatable bonds is 16. The second kappa shape index (κ2) is 23.9. The van der Waals surface area contributed by atoms with Gasteiger partial charge in [-0.1, -0.05) is 12.1 Å². The van der Waals surface area contributed by atoms with Crippen molar-refractivity contribution in [2.45, 2.75) is 60.9 Å². The molecule has 2 aliphatic rings. The number of pyridine rings is 2. The van der Waals surface area contributed by atoms with Crippen LogP contribution in [0.5, 0.6) is 23.0 Å². The fourth-order valence-corrected chi connectivity index (χ4v) is 13.0. The lowest BCUT2D eigenvalue weighted by Crippen LogP contribution is -2.49. The second-order valence-corrected chi connectivity index (χ2v) is 23.5. The quantitative estimate of drug-likeness (QED) is 0.136. The second-order valence-electron chi connectivity index (χ2n) is 18.9. The van der Waals surface area contributed by atoms with Crippen molar-refractivity contribution in [1.29, 1.82) is 0 Å². The van der Waals surface area contributed by atoms with Crippen LogP contribution in [0.1, 0.15) is 35.6 Å². The standard InChI is InChI=1S/2C26H28FN7O5S/c2*1-16-7-17(10-28-9-16)25-32-31-23(34(25)24-21(38-2)5-4-6-22(24)39-3)15-40(36,37)20-8-19(35)13-33(14-20)26-29-11-18(27)12-30-26/h2*4-7,9-12,19-20,35H,8,13-15H2,1-3H3/t2*19-,20+/m10/s1. The van der Waals surface area contributed by atoms with Crippen LogP contribution in [-0.2, 0) is 31.2 Å². The summed E-state index contributed by atoms with van der Waals surface area (Å²) in [6.07, 6.45) is 8.74. The zero-order valence-corrected chi connectivity index (χ0v) is 45.8. The minimum atomic E-state index is -3.92. The van der Waals surface area contributed by atoms with Crippen LogP contribution in [0.15, 0.2) is 98.1 Å². The smallest absolute Gasteiger partial charge is 0.225 e. The summed E-state index contributed by atoms with van der Waals surface area (Å²) >= 11 is 0. The van der Waals surface area contributed by atoms with Crippen molar-refractivity contribution < 1.29 is 54.8 Å². The van der Waals surface area contributed by atoms with Gasteiger partial charge in [0.15, 0.2) is 54.6 Å². The molecule has 10 rings (SSSR count). The summed E-state index contributed by atoms with van der Waals surface area (Å²) in [7, 11) is -1.82. The van der Waals surface area contributed by atoms with Gasteiger partial charge < -0.3 is 39.0 Å². The number of sulfone groups is 2. The maximum Gasteiger partial charge on any atom is 0.225 e. The number of aryl methyl sites for hydroxylation is 2. The molecule has 0 amide bonds. The number of para-hydroxylation sites is 2. The van der Waals surface area contributed by atoms with E-state index in [1.807, 2.05) is 26.0 Å². The van der Waals surface area contributed by atoms with Gasteiger partial charge in [-0.3, -0.25) is 19.1 Å². The molecule has 2 aromatic carbocycles. The van der Waals surface area contributed by atoms with Crippen LogP contribution in [0.25, 0.3) is 34.2 Å². The molecule has 0 radical (unpaired) electrons. The zero-order chi connectivity index (χ0) is 56.9. The molecule has 24 nitrogen and oxygen atoms in total. The Labute approximate surface area is 459 Å². The van der Waals surface area contributed by atoms with Crippen molar-refractivity contribution in [3.63, 3.8) is 0 Å². The summed E-state index contributed by atoms with van der Waals surface area (Å²) in [5, 5.41) is 36.4. The molecule has 80 heavy (non-hydrogen) atoms. The number of benzene rings is 2. The van der Waals surface area contributed by atoms with Gasteiger partial charge >= 0.3 is 0 Å². The predicted molar refractivity (Wildman–Crippen MR) is 287 cm³/mol. The average Bonchev–Trinajstić information content (AvgIpc) is 4.05. The molecule has 0 spiro atoms. The average molecular weight is 1140 g/mol. The molecule has 4 atom stereocenters. The predicted octanol–water partition coefficient (Wildman–Crippen LogP) is 4.28. The first-order valence-corrected chi connectivity index (χ1v) is 28.2. The Kier molecular flexibility index (Phi) is 16.9. The normalized spacial score (nSPS) is 17.6. The van der Waals surface area contributed by atoms with Gasteiger partial charge in [0.25, 0.3) is 0 Å². The Bertz CT molecular complexity index is 3420. The van der Waals surface area contributed by atoms with Crippen LogP contribution in [0, 0.1) is 25.5 Å². The van der Waals surface area contributed by atoms with Gasteiger partial charge in [-0.2, -0.15) is 0 Å². The highest BCUT2D eigenvalue weighted by Gasteiger charge is 2.39. The molecule has 2 fully saturated rings. The Hall–Kier alpha value is -8.34. The van der Waals surface area contributed by atoms with Gasteiger partial charge in [0.2, 0.25) is 11.9 Å². The van der Waals surface area contributed by atoms with Crippen LogP contribution >= 0.6 is 0 Å². The first kappa shape index (κ1) is 56.4. The zero-order valence-electron chi connectivity index (χ0n) is 44.2. The summed E-state index contributed by atoms with van der Waals surface area (Å²) < 4.78 is 108. The van der Waals surface area contributed by atoms with E-state index in [0.717, 1.165) is 35.9 Å². The molecule has 0 saturated carbocycles. The molecule has 8 heterocycles. The van der Waals surface area contributed by atoms with Crippen molar-refractivity contribution in [2.24, 2.45) is 0 Å². The molecule has 2 N–H and O–H groups in total. The van der Waals surface area contributed by atoms with E-state index in [1.54, 1.807) is 70.3 Å². The first-order valence-electron chi connectivity index (χ1n) is 24.8. The summed E-state index contributed by atoms with van der Waals surface area (Å²) in [6, 6.07) is 14.2. The number of halogens is 2. The van der Waals surface area contributed by atoms with E-state index >= 15 is 0 Å².